The Kier molecular flexibility index (Phi) is 3.24. The van der Waals surface area contributed by atoms with Crippen molar-refractivity contribution in [2.45, 2.75) is 30.8 Å². The minimum Gasteiger partial charge on any atom is -0.339 e. The molecule has 1 fully saturated rings. The second-order valence-electron chi connectivity index (χ2n) is 6.89. The Hall–Kier alpha value is -1.81. The van der Waals surface area contributed by atoms with E-state index in [0.29, 0.717) is 12.0 Å². The van der Waals surface area contributed by atoms with Gasteiger partial charge in [-0.05, 0) is 53.5 Å². The van der Waals surface area contributed by atoms with Crippen LogP contribution in [-0.4, -0.2) is 28.9 Å². The number of benzene rings is 2. The number of amidine groups is 1. The number of aliphatic imine (C=N–C) groups is 1. The van der Waals surface area contributed by atoms with Crippen molar-refractivity contribution >= 4 is 16.9 Å². The van der Waals surface area contributed by atoms with Gasteiger partial charge in [-0.15, -0.1) is 0 Å². The van der Waals surface area contributed by atoms with Gasteiger partial charge in [0, 0.05) is 5.92 Å². The van der Waals surface area contributed by atoms with Crippen molar-refractivity contribution in [3.63, 3.8) is 0 Å². The zero-order valence-corrected chi connectivity index (χ0v) is 14.4. The third-order valence-electron chi connectivity index (χ3n) is 5.70. The fourth-order valence-electron chi connectivity index (χ4n) is 4.76. The largest absolute Gasteiger partial charge is 0.339 e. The average Bonchev–Trinajstić information content (AvgIpc) is 3.12. The molecule has 2 aliphatic heterocycles. The van der Waals surface area contributed by atoms with E-state index in [1.54, 1.807) is 23.9 Å². The lowest BCUT2D eigenvalue weighted by molar-refractivity contribution is 0.343. The molecule has 1 saturated heterocycles. The van der Waals surface area contributed by atoms with E-state index < -0.39 is 0 Å². The van der Waals surface area contributed by atoms with Crippen LogP contribution in [0.4, 0.5) is 4.39 Å². The van der Waals surface area contributed by atoms with E-state index in [9.17, 15) is 4.39 Å². The van der Waals surface area contributed by atoms with E-state index in [1.165, 1.54) is 16.7 Å². The van der Waals surface area contributed by atoms with Crippen LogP contribution < -0.4 is 0 Å². The second-order valence-corrected chi connectivity index (χ2v) is 7.67. The topological polar surface area (TPSA) is 15.6 Å². The normalized spacial score (nSPS) is 27.0. The van der Waals surface area contributed by atoms with Crippen molar-refractivity contribution in [3.8, 4) is 0 Å². The van der Waals surface area contributed by atoms with Gasteiger partial charge in [0.25, 0.3) is 0 Å². The van der Waals surface area contributed by atoms with E-state index >= 15 is 0 Å². The van der Waals surface area contributed by atoms with Crippen molar-refractivity contribution in [3.05, 3.63) is 70.5 Å². The van der Waals surface area contributed by atoms with Gasteiger partial charge in [-0.1, -0.05) is 42.1 Å². The number of hydrogen-bond donors (Lipinski definition) is 0. The quantitative estimate of drug-likeness (QED) is 0.709. The summed E-state index contributed by atoms with van der Waals surface area (Å²) in [5.74, 6) is 0.288. The summed E-state index contributed by atoms with van der Waals surface area (Å²) < 4.78 is 14.1. The molecule has 0 saturated carbocycles. The Morgan fingerprint density at radius 3 is 2.83 bits per heavy atom. The van der Waals surface area contributed by atoms with Gasteiger partial charge in [0.2, 0.25) is 0 Å². The third kappa shape index (κ3) is 1.99. The molecule has 0 spiro atoms. The molecule has 24 heavy (non-hydrogen) atoms. The molecule has 0 bridgehead atoms. The summed E-state index contributed by atoms with van der Waals surface area (Å²) >= 11 is 1.71. The molecule has 0 N–H and O–H groups in total. The maximum Gasteiger partial charge on any atom is 0.159 e. The minimum atomic E-state index is -0.135. The van der Waals surface area contributed by atoms with Crippen LogP contribution in [0.1, 0.15) is 40.6 Å². The van der Waals surface area contributed by atoms with Crippen LogP contribution in [0.5, 0.6) is 0 Å². The van der Waals surface area contributed by atoms with Crippen molar-refractivity contribution < 1.29 is 4.39 Å². The van der Waals surface area contributed by atoms with E-state index in [-0.39, 0.29) is 11.9 Å². The fourth-order valence-corrected chi connectivity index (χ4v) is 5.43. The van der Waals surface area contributed by atoms with Crippen molar-refractivity contribution in [2.24, 2.45) is 4.99 Å². The zero-order chi connectivity index (χ0) is 16.3. The molecule has 1 aliphatic carbocycles. The van der Waals surface area contributed by atoms with Crippen molar-refractivity contribution in [1.82, 2.24) is 4.90 Å². The van der Waals surface area contributed by atoms with E-state index in [4.69, 9.17) is 4.99 Å². The first-order chi connectivity index (χ1) is 11.8. The number of fused-ring (bicyclic) bond motifs is 7. The number of halogens is 1. The van der Waals surface area contributed by atoms with Gasteiger partial charge in [0.15, 0.2) is 5.17 Å². The van der Waals surface area contributed by atoms with Gasteiger partial charge >= 0.3 is 0 Å². The van der Waals surface area contributed by atoms with E-state index in [0.717, 1.165) is 30.1 Å². The average molecular weight is 338 g/mol. The lowest BCUT2D eigenvalue weighted by Crippen LogP contribution is -2.32. The molecule has 2 aromatic carbocycles. The summed E-state index contributed by atoms with van der Waals surface area (Å²) in [5.41, 5.74) is 5.24. The van der Waals surface area contributed by atoms with Crippen molar-refractivity contribution in [1.29, 1.82) is 0 Å². The molecule has 3 atom stereocenters. The van der Waals surface area contributed by atoms with Gasteiger partial charge in [0.05, 0.1) is 18.6 Å². The Labute approximate surface area is 145 Å². The van der Waals surface area contributed by atoms with Crippen LogP contribution in [0.25, 0.3) is 0 Å². The Morgan fingerprint density at radius 2 is 1.96 bits per heavy atom. The Bertz CT molecular complexity index is 847. The lowest BCUT2D eigenvalue weighted by atomic mass is 9.86. The Balaban J connectivity index is 1.74. The van der Waals surface area contributed by atoms with Gasteiger partial charge in [-0.3, -0.25) is 4.99 Å². The fraction of sp³-hybridized carbons (Fsp3) is 0.350. The first-order valence-corrected chi connectivity index (χ1v) is 9.71. The van der Waals surface area contributed by atoms with Gasteiger partial charge in [0.1, 0.15) is 5.82 Å². The molecular weight excluding hydrogens is 319 g/mol. The molecule has 4 heteroatoms. The molecule has 0 radical (unpaired) electrons. The highest BCUT2D eigenvalue weighted by atomic mass is 32.2. The maximum atomic E-state index is 14.1. The first-order valence-electron chi connectivity index (χ1n) is 8.49. The van der Waals surface area contributed by atoms with Gasteiger partial charge in [-0.25, -0.2) is 4.39 Å². The summed E-state index contributed by atoms with van der Waals surface area (Å²) in [6.07, 6.45) is 4.08. The molecule has 3 aliphatic rings. The summed E-state index contributed by atoms with van der Waals surface area (Å²) in [6, 6.07) is 14.8. The third-order valence-corrected chi connectivity index (χ3v) is 6.41. The van der Waals surface area contributed by atoms with Crippen molar-refractivity contribution in [2.75, 3.05) is 12.8 Å². The summed E-state index contributed by atoms with van der Waals surface area (Å²) in [6.45, 7) is 0.871. The summed E-state index contributed by atoms with van der Waals surface area (Å²) in [4.78, 5) is 7.19. The molecule has 2 aromatic rings. The highest BCUT2D eigenvalue weighted by molar-refractivity contribution is 8.13. The highest BCUT2D eigenvalue weighted by Crippen LogP contribution is 2.53. The summed E-state index contributed by atoms with van der Waals surface area (Å²) in [5, 5.41) is 1.11. The smallest absolute Gasteiger partial charge is 0.159 e. The predicted octanol–water partition coefficient (Wildman–Crippen LogP) is 4.36. The number of hydrogen-bond acceptors (Lipinski definition) is 3. The standard InChI is InChI=1S/C20H19FN2S/c1-24-20-22-11-15-10-18-16-5-3-2-4-12(16)8-13-6-7-14(21)9-17(13)19(18)23(15)20/h2-7,9,15,18-19H,8,10-11H2,1H3/t15-,18-,19-/m1/s1. The van der Waals surface area contributed by atoms with Crippen LogP contribution in [0.3, 0.4) is 0 Å². The number of thioether (sulfide) groups is 1. The molecule has 2 nitrogen and oxygen atoms in total. The lowest BCUT2D eigenvalue weighted by Gasteiger charge is -2.30. The monoisotopic (exact) mass is 338 g/mol. The molecule has 5 rings (SSSR count). The number of nitrogens with zero attached hydrogens (tertiary/aromatic N) is 2. The Morgan fingerprint density at radius 1 is 1.12 bits per heavy atom. The zero-order valence-electron chi connectivity index (χ0n) is 13.6. The maximum absolute atomic E-state index is 14.1. The van der Waals surface area contributed by atoms with Gasteiger partial charge in [-0.2, -0.15) is 0 Å². The van der Waals surface area contributed by atoms with Crippen LogP contribution in [0.2, 0.25) is 0 Å². The van der Waals surface area contributed by atoms with Crippen LogP contribution >= 0.6 is 11.8 Å². The van der Waals surface area contributed by atoms with E-state index in [1.807, 2.05) is 6.07 Å². The predicted molar refractivity (Wildman–Crippen MR) is 97.2 cm³/mol. The molecule has 122 valence electrons. The molecule has 0 unspecified atom stereocenters. The highest BCUT2D eigenvalue weighted by Gasteiger charge is 2.48. The minimum absolute atomic E-state index is 0.135. The van der Waals surface area contributed by atoms with Crippen LogP contribution in [0.15, 0.2) is 47.5 Å². The number of rotatable bonds is 0. The first kappa shape index (κ1) is 14.5. The second kappa shape index (κ2) is 5.35. The van der Waals surface area contributed by atoms with Crippen LogP contribution in [-0.2, 0) is 6.42 Å². The SMILES string of the molecule is CSC1=NC[C@H]2C[C@@H]3c4ccccc4Cc4ccc(F)cc4[C@H]3N12. The van der Waals surface area contributed by atoms with Crippen LogP contribution in [0, 0.1) is 5.82 Å². The molecule has 2 heterocycles. The summed E-state index contributed by atoms with van der Waals surface area (Å²) in [7, 11) is 0. The molecule has 0 aromatic heterocycles. The van der Waals surface area contributed by atoms with Gasteiger partial charge < -0.3 is 4.90 Å². The van der Waals surface area contributed by atoms with E-state index in [2.05, 4.69) is 35.4 Å². The molecule has 0 amide bonds. The molecular formula is C20H19FN2S.